The van der Waals surface area contributed by atoms with Crippen LogP contribution >= 0.6 is 0 Å². The van der Waals surface area contributed by atoms with Crippen molar-refractivity contribution in [1.82, 2.24) is 5.32 Å². The highest BCUT2D eigenvalue weighted by molar-refractivity contribution is 6.06. The van der Waals surface area contributed by atoms with Crippen molar-refractivity contribution in [3.05, 3.63) is 29.3 Å². The van der Waals surface area contributed by atoms with Gasteiger partial charge in [-0.1, -0.05) is 19.9 Å². The maximum atomic E-state index is 12.7. The number of terminal acetylenes is 1. The van der Waals surface area contributed by atoms with Crippen LogP contribution in [0.3, 0.4) is 0 Å². The van der Waals surface area contributed by atoms with Crippen LogP contribution in [-0.4, -0.2) is 23.8 Å². The Morgan fingerprint density at radius 1 is 1.29 bits per heavy atom. The molecule has 0 aliphatic carbocycles. The molecule has 24 heavy (non-hydrogen) atoms. The van der Waals surface area contributed by atoms with Crippen LogP contribution in [0.1, 0.15) is 56.0 Å². The van der Waals surface area contributed by atoms with Crippen LogP contribution in [0.25, 0.3) is 0 Å². The molecule has 0 spiro atoms. The lowest BCUT2D eigenvalue weighted by molar-refractivity contribution is 0.0950. The second kappa shape index (κ2) is 5.86. The Bertz CT molecular complexity index is 777. The second-order valence-electron chi connectivity index (χ2n) is 6.91. The summed E-state index contributed by atoms with van der Waals surface area (Å²) in [4.78, 5) is 17.3. The number of nitrogens with one attached hydrogen (secondary N) is 1. The molecule has 3 rings (SSSR count). The fourth-order valence-corrected chi connectivity index (χ4v) is 3.12. The summed E-state index contributed by atoms with van der Waals surface area (Å²) in [6, 6.07) is 5.71. The van der Waals surface area contributed by atoms with Crippen LogP contribution in [0.15, 0.2) is 33.4 Å². The second-order valence-corrected chi connectivity index (χ2v) is 6.91. The summed E-state index contributed by atoms with van der Waals surface area (Å²) < 4.78 is 0. The zero-order chi connectivity index (χ0) is 17.4. The third kappa shape index (κ3) is 2.84. The van der Waals surface area contributed by atoms with Crippen molar-refractivity contribution in [2.24, 2.45) is 15.2 Å². The molecule has 2 aliphatic rings. The first kappa shape index (κ1) is 16.4. The lowest BCUT2D eigenvalue weighted by atomic mass is 9.79. The fourth-order valence-electron chi connectivity index (χ4n) is 3.12. The first-order chi connectivity index (χ1) is 11.4. The van der Waals surface area contributed by atoms with Gasteiger partial charge in [0, 0.05) is 48.1 Å². The van der Waals surface area contributed by atoms with Crippen LogP contribution in [0.4, 0.5) is 5.69 Å². The van der Waals surface area contributed by atoms with Gasteiger partial charge in [0.1, 0.15) is 0 Å². The first-order valence-corrected chi connectivity index (χ1v) is 8.25. The molecule has 0 radical (unpaired) electrons. The predicted molar refractivity (Wildman–Crippen MR) is 94.8 cm³/mol. The molecule has 0 atom stereocenters. The summed E-state index contributed by atoms with van der Waals surface area (Å²) in [6.45, 7) is 6.74. The predicted octanol–water partition coefficient (Wildman–Crippen LogP) is 3.77. The topological polar surface area (TPSA) is 66.2 Å². The van der Waals surface area contributed by atoms with Gasteiger partial charge in [-0.15, -0.1) is 12.3 Å². The number of amides is 1. The molecule has 0 saturated carbocycles. The van der Waals surface area contributed by atoms with E-state index in [4.69, 9.17) is 6.42 Å². The minimum Gasteiger partial charge on any atom is -0.352 e. The van der Waals surface area contributed by atoms with Crippen molar-refractivity contribution in [2.45, 2.75) is 51.1 Å². The summed E-state index contributed by atoms with van der Waals surface area (Å²) in [5.74, 6) is 2.54. The molecule has 2 heterocycles. The Morgan fingerprint density at radius 2 is 2.04 bits per heavy atom. The Balaban J connectivity index is 1.66. The highest BCUT2D eigenvalue weighted by atomic mass is 16.1. The van der Waals surface area contributed by atoms with Crippen LogP contribution < -0.4 is 5.32 Å². The van der Waals surface area contributed by atoms with Gasteiger partial charge in [0.05, 0.1) is 5.69 Å². The van der Waals surface area contributed by atoms with E-state index in [-0.39, 0.29) is 17.0 Å². The van der Waals surface area contributed by atoms with E-state index < -0.39 is 0 Å². The van der Waals surface area contributed by atoms with Crippen LogP contribution in [0, 0.1) is 12.3 Å². The van der Waals surface area contributed by atoms with E-state index in [2.05, 4.69) is 40.3 Å². The number of aliphatic imine (C=N–C) groups is 1. The normalized spacial score (nSPS) is 18.5. The van der Waals surface area contributed by atoms with E-state index in [1.54, 1.807) is 0 Å². The van der Waals surface area contributed by atoms with Crippen LogP contribution in [0.2, 0.25) is 0 Å². The molecule has 1 aromatic carbocycles. The molecule has 5 nitrogen and oxygen atoms in total. The van der Waals surface area contributed by atoms with Gasteiger partial charge in [-0.2, -0.15) is 10.2 Å². The number of hydrogen-bond donors (Lipinski definition) is 1. The molecule has 0 bridgehead atoms. The van der Waals surface area contributed by atoms with E-state index in [0.717, 1.165) is 23.4 Å². The standard InChI is InChI=1S/C19H22N4O/c1-5-6-10-19(22-23-19)11-12-20-17(24)14-8-7-9-15-16(14)18(3,4)13(2)21-15/h1,7-9H,6,10-12H2,2-4H3,(H,20,24). The number of carbonyl (C=O) groups is 1. The highest BCUT2D eigenvalue weighted by Crippen LogP contribution is 2.42. The third-order valence-corrected chi connectivity index (χ3v) is 4.97. The quantitative estimate of drug-likeness (QED) is 0.796. The van der Waals surface area contributed by atoms with Crippen molar-refractivity contribution >= 4 is 17.3 Å². The van der Waals surface area contributed by atoms with Crippen LogP contribution in [0.5, 0.6) is 0 Å². The molecular formula is C19H22N4O. The molecule has 2 aliphatic heterocycles. The Morgan fingerprint density at radius 3 is 2.71 bits per heavy atom. The minimum atomic E-state index is -0.364. The molecule has 1 aromatic rings. The average molecular weight is 322 g/mol. The molecular weight excluding hydrogens is 300 g/mol. The molecule has 5 heteroatoms. The van der Waals surface area contributed by atoms with Gasteiger partial charge in [-0.25, -0.2) is 0 Å². The summed E-state index contributed by atoms with van der Waals surface area (Å²) in [5.41, 5.74) is 3.03. The van der Waals surface area contributed by atoms with E-state index >= 15 is 0 Å². The smallest absolute Gasteiger partial charge is 0.251 e. The van der Waals surface area contributed by atoms with Gasteiger partial charge in [-0.05, 0) is 19.1 Å². The van der Waals surface area contributed by atoms with Crippen molar-refractivity contribution in [3.8, 4) is 12.3 Å². The van der Waals surface area contributed by atoms with E-state index in [1.807, 2.05) is 25.1 Å². The molecule has 0 unspecified atom stereocenters. The lowest BCUT2D eigenvalue weighted by Gasteiger charge is -2.22. The Kier molecular flexibility index (Phi) is 4.00. The van der Waals surface area contributed by atoms with Gasteiger partial charge in [0.15, 0.2) is 5.66 Å². The summed E-state index contributed by atoms with van der Waals surface area (Å²) in [5, 5.41) is 11.2. The Labute approximate surface area is 142 Å². The monoisotopic (exact) mass is 322 g/mol. The Hall–Kier alpha value is -2.48. The zero-order valence-corrected chi connectivity index (χ0v) is 14.4. The number of fused-ring (bicyclic) bond motifs is 1. The van der Waals surface area contributed by atoms with Crippen LogP contribution in [-0.2, 0) is 5.41 Å². The maximum Gasteiger partial charge on any atom is 0.251 e. The number of benzene rings is 1. The average Bonchev–Trinajstić information content (AvgIpc) is 3.27. The number of rotatable bonds is 6. The maximum absolute atomic E-state index is 12.7. The zero-order valence-electron chi connectivity index (χ0n) is 14.4. The van der Waals surface area contributed by atoms with Crippen molar-refractivity contribution in [1.29, 1.82) is 0 Å². The lowest BCUT2D eigenvalue weighted by Crippen LogP contribution is -2.32. The van der Waals surface area contributed by atoms with Gasteiger partial charge in [-0.3, -0.25) is 9.79 Å². The SMILES string of the molecule is C#CCCC1(CCNC(=O)c2cccc3c2C(C)(C)C(C)=N3)N=N1. The number of hydrogen-bond acceptors (Lipinski definition) is 4. The van der Waals surface area contributed by atoms with Crippen molar-refractivity contribution in [2.75, 3.05) is 6.54 Å². The van der Waals surface area contributed by atoms with Gasteiger partial charge >= 0.3 is 0 Å². The summed E-state index contributed by atoms with van der Waals surface area (Å²) in [6.07, 6.45) is 7.38. The molecule has 1 amide bonds. The number of carbonyl (C=O) groups excluding carboxylic acids is 1. The summed E-state index contributed by atoms with van der Waals surface area (Å²) >= 11 is 0. The largest absolute Gasteiger partial charge is 0.352 e. The molecule has 1 N–H and O–H groups in total. The van der Waals surface area contributed by atoms with Gasteiger partial charge in [0.25, 0.3) is 5.91 Å². The van der Waals surface area contributed by atoms with Gasteiger partial charge < -0.3 is 5.32 Å². The molecule has 0 aromatic heterocycles. The van der Waals surface area contributed by atoms with Crippen molar-refractivity contribution < 1.29 is 4.79 Å². The molecule has 0 fully saturated rings. The van der Waals surface area contributed by atoms with Crippen molar-refractivity contribution in [3.63, 3.8) is 0 Å². The van der Waals surface area contributed by atoms with Gasteiger partial charge in [0.2, 0.25) is 0 Å². The fraction of sp³-hybridized carbons (Fsp3) is 0.474. The molecule has 124 valence electrons. The minimum absolute atomic E-state index is 0.0717. The van der Waals surface area contributed by atoms with E-state index in [9.17, 15) is 4.79 Å². The molecule has 0 saturated heterocycles. The van der Waals surface area contributed by atoms with E-state index in [0.29, 0.717) is 24.9 Å². The third-order valence-electron chi connectivity index (χ3n) is 4.97. The summed E-state index contributed by atoms with van der Waals surface area (Å²) in [7, 11) is 0. The number of nitrogens with zero attached hydrogens (tertiary/aromatic N) is 3. The highest BCUT2D eigenvalue weighted by Gasteiger charge is 2.39. The van der Waals surface area contributed by atoms with E-state index in [1.165, 1.54) is 0 Å². The first-order valence-electron chi connectivity index (χ1n) is 8.25.